The van der Waals surface area contributed by atoms with Crippen LogP contribution >= 0.6 is 11.6 Å². The third kappa shape index (κ3) is 5.15. The summed E-state index contributed by atoms with van der Waals surface area (Å²) in [7, 11) is -3.45. The number of aryl methyl sites for hydroxylation is 1. The Labute approximate surface area is 192 Å². The van der Waals surface area contributed by atoms with Crippen LogP contribution in [0.5, 0.6) is 5.75 Å². The van der Waals surface area contributed by atoms with Gasteiger partial charge >= 0.3 is 5.97 Å². The van der Waals surface area contributed by atoms with E-state index < -0.39 is 16.0 Å². The van der Waals surface area contributed by atoms with Gasteiger partial charge in [0.05, 0.1) is 12.0 Å². The molecular weight excluding hydrogens is 452 g/mol. The smallest absolute Gasteiger partial charge is 0.379 e. The van der Waals surface area contributed by atoms with E-state index in [0.29, 0.717) is 42.5 Å². The zero-order valence-electron chi connectivity index (χ0n) is 17.5. The van der Waals surface area contributed by atoms with Crippen molar-refractivity contribution < 1.29 is 22.4 Å². The molecule has 0 amide bonds. The minimum atomic E-state index is -3.45. The van der Waals surface area contributed by atoms with Gasteiger partial charge in [-0.3, -0.25) is 0 Å². The van der Waals surface area contributed by atoms with Gasteiger partial charge in [-0.25, -0.2) is 13.2 Å². The maximum atomic E-state index is 12.9. The number of esters is 1. The monoisotopic (exact) mass is 474 g/mol. The molecule has 2 heterocycles. The van der Waals surface area contributed by atoms with Crippen molar-refractivity contribution in [1.29, 1.82) is 0 Å². The number of hydrogen-bond acceptors (Lipinski definition) is 6. The van der Waals surface area contributed by atoms with E-state index in [1.807, 2.05) is 13.0 Å². The fourth-order valence-electron chi connectivity index (χ4n) is 3.68. The molecule has 9 heteroatoms. The van der Waals surface area contributed by atoms with Crippen LogP contribution in [0.25, 0.3) is 0 Å². The molecule has 0 radical (unpaired) electrons. The predicted octanol–water partition coefficient (Wildman–Crippen LogP) is 4.11. The van der Waals surface area contributed by atoms with Crippen molar-refractivity contribution in [2.45, 2.75) is 12.7 Å². The molecule has 1 aliphatic heterocycles. The molecule has 0 aliphatic carbocycles. The molecule has 7 nitrogen and oxygen atoms in total. The summed E-state index contributed by atoms with van der Waals surface area (Å²) in [6.45, 7) is 3.78. The predicted molar refractivity (Wildman–Crippen MR) is 123 cm³/mol. The third-order valence-corrected chi connectivity index (χ3v) is 7.41. The average Bonchev–Trinajstić information content (AvgIpc) is 3.30. The molecule has 4 rings (SSSR count). The van der Waals surface area contributed by atoms with E-state index >= 15 is 0 Å². The first-order valence-corrected chi connectivity index (χ1v) is 12.1. The van der Waals surface area contributed by atoms with Gasteiger partial charge in [-0.15, -0.1) is 0 Å². The second-order valence-corrected chi connectivity index (χ2v) is 9.99. The summed E-state index contributed by atoms with van der Waals surface area (Å²) in [5, 5.41) is 0.519. The third-order valence-electron chi connectivity index (χ3n) is 5.32. The van der Waals surface area contributed by atoms with Gasteiger partial charge in [0.1, 0.15) is 5.75 Å². The molecule has 32 heavy (non-hydrogen) atoms. The van der Waals surface area contributed by atoms with Crippen LogP contribution in [0.2, 0.25) is 5.02 Å². The van der Waals surface area contributed by atoms with Gasteiger partial charge < -0.3 is 14.1 Å². The topological polar surface area (TPSA) is 80.1 Å². The first-order chi connectivity index (χ1) is 15.3. The summed E-state index contributed by atoms with van der Waals surface area (Å²) in [5.41, 5.74) is 2.58. The van der Waals surface area contributed by atoms with Gasteiger partial charge in [0, 0.05) is 43.0 Å². The van der Waals surface area contributed by atoms with E-state index in [1.54, 1.807) is 48.5 Å². The highest BCUT2D eigenvalue weighted by molar-refractivity contribution is 7.88. The second kappa shape index (κ2) is 9.36. The first kappa shape index (κ1) is 22.4. The zero-order valence-corrected chi connectivity index (χ0v) is 19.1. The van der Waals surface area contributed by atoms with Crippen LogP contribution in [0.1, 0.15) is 21.7 Å². The van der Waals surface area contributed by atoms with Gasteiger partial charge in [-0.05, 0) is 48.4 Å². The molecular formula is C23H23ClN2O5S. The van der Waals surface area contributed by atoms with Crippen molar-refractivity contribution in [1.82, 2.24) is 4.31 Å². The number of carbonyl (C=O) groups is 1. The number of rotatable bonds is 6. The molecule has 1 saturated heterocycles. The number of sulfonamides is 1. The van der Waals surface area contributed by atoms with E-state index in [9.17, 15) is 13.2 Å². The number of carbonyl (C=O) groups excluding carboxylic acids is 1. The molecule has 1 fully saturated rings. The Hall–Kier alpha value is -2.81. The number of benzene rings is 2. The van der Waals surface area contributed by atoms with E-state index in [-0.39, 0.29) is 11.5 Å². The Morgan fingerprint density at radius 3 is 2.53 bits per heavy atom. The number of nitrogens with zero attached hydrogens (tertiary/aromatic N) is 2. The SMILES string of the molecule is Cc1ccc(OC(=O)c2ccco2)cc1N1CCN(S(=O)(=O)Cc2cccc(Cl)c2)CC1. The fraction of sp³-hybridized carbons (Fsp3) is 0.261. The number of anilines is 1. The Kier molecular flexibility index (Phi) is 6.55. The molecule has 3 aromatic rings. The molecule has 0 atom stereocenters. The summed E-state index contributed by atoms with van der Waals surface area (Å²) in [5.74, 6) is -0.111. The van der Waals surface area contributed by atoms with Crippen molar-refractivity contribution in [3.8, 4) is 5.75 Å². The maximum absolute atomic E-state index is 12.9. The van der Waals surface area contributed by atoms with Crippen LogP contribution in [-0.2, 0) is 15.8 Å². The quantitative estimate of drug-likeness (QED) is 0.395. The normalized spacial score (nSPS) is 15.0. The number of halogens is 1. The summed E-state index contributed by atoms with van der Waals surface area (Å²) in [4.78, 5) is 14.3. The number of ether oxygens (including phenoxy) is 1. The highest BCUT2D eigenvalue weighted by Gasteiger charge is 2.28. The van der Waals surface area contributed by atoms with Crippen molar-refractivity contribution in [3.63, 3.8) is 0 Å². The maximum Gasteiger partial charge on any atom is 0.379 e. The van der Waals surface area contributed by atoms with Crippen LogP contribution in [-0.4, -0.2) is 44.9 Å². The summed E-state index contributed by atoms with van der Waals surface area (Å²) < 4.78 is 37.7. The number of hydrogen-bond donors (Lipinski definition) is 0. The Morgan fingerprint density at radius 2 is 1.84 bits per heavy atom. The fourth-order valence-corrected chi connectivity index (χ4v) is 5.40. The van der Waals surface area contributed by atoms with Crippen molar-refractivity contribution in [2.24, 2.45) is 0 Å². The van der Waals surface area contributed by atoms with Gasteiger partial charge in [0.2, 0.25) is 15.8 Å². The van der Waals surface area contributed by atoms with Gasteiger partial charge in [0.25, 0.3) is 0 Å². The lowest BCUT2D eigenvalue weighted by Gasteiger charge is -2.36. The molecule has 2 aromatic carbocycles. The van der Waals surface area contributed by atoms with Crippen LogP contribution in [0.4, 0.5) is 5.69 Å². The largest absolute Gasteiger partial charge is 0.457 e. The Balaban J connectivity index is 1.42. The minimum Gasteiger partial charge on any atom is -0.457 e. The van der Waals surface area contributed by atoms with Crippen LogP contribution < -0.4 is 9.64 Å². The molecule has 0 unspecified atom stereocenters. The molecule has 1 aromatic heterocycles. The van der Waals surface area contributed by atoms with Crippen molar-refractivity contribution in [3.05, 3.63) is 82.8 Å². The van der Waals surface area contributed by atoms with Gasteiger partial charge in [0.15, 0.2) is 0 Å². The van der Waals surface area contributed by atoms with E-state index in [2.05, 4.69) is 4.90 Å². The molecule has 0 bridgehead atoms. The number of furan rings is 1. The highest BCUT2D eigenvalue weighted by atomic mass is 35.5. The first-order valence-electron chi connectivity index (χ1n) is 10.2. The van der Waals surface area contributed by atoms with Crippen molar-refractivity contribution >= 4 is 33.3 Å². The average molecular weight is 475 g/mol. The molecule has 0 N–H and O–H groups in total. The molecule has 0 spiro atoms. The summed E-state index contributed by atoms with van der Waals surface area (Å²) in [6.07, 6.45) is 1.41. The van der Waals surface area contributed by atoms with Crippen LogP contribution in [0, 0.1) is 6.92 Å². The van der Waals surface area contributed by atoms with Crippen LogP contribution in [0.3, 0.4) is 0 Å². The van der Waals surface area contributed by atoms with Crippen LogP contribution in [0.15, 0.2) is 65.3 Å². The molecule has 1 aliphatic rings. The highest BCUT2D eigenvalue weighted by Crippen LogP contribution is 2.28. The minimum absolute atomic E-state index is 0.0786. The lowest BCUT2D eigenvalue weighted by Crippen LogP contribution is -2.49. The summed E-state index contributed by atoms with van der Waals surface area (Å²) >= 11 is 5.98. The lowest BCUT2D eigenvalue weighted by atomic mass is 10.1. The Morgan fingerprint density at radius 1 is 1.06 bits per heavy atom. The van der Waals surface area contributed by atoms with Gasteiger partial charge in [-0.2, -0.15) is 4.31 Å². The summed E-state index contributed by atoms with van der Waals surface area (Å²) in [6, 6.07) is 15.5. The van der Waals surface area contributed by atoms with E-state index in [1.165, 1.54) is 10.6 Å². The number of piperazine rings is 1. The second-order valence-electron chi connectivity index (χ2n) is 7.59. The molecule has 168 valence electrons. The van der Waals surface area contributed by atoms with E-state index in [4.69, 9.17) is 20.8 Å². The zero-order chi connectivity index (χ0) is 22.7. The Bertz CT molecular complexity index is 1200. The van der Waals surface area contributed by atoms with Gasteiger partial charge in [-0.1, -0.05) is 29.8 Å². The van der Waals surface area contributed by atoms with E-state index in [0.717, 1.165) is 11.3 Å². The molecule has 0 saturated carbocycles. The lowest BCUT2D eigenvalue weighted by molar-refractivity contribution is 0.0701. The van der Waals surface area contributed by atoms with Crippen molar-refractivity contribution in [2.75, 3.05) is 31.1 Å². The standard InChI is InChI=1S/C23H23ClN2O5S/c1-17-7-8-20(31-23(27)22-6-3-13-30-22)15-21(17)25-9-11-26(12-10-25)32(28,29)16-18-4-2-5-19(24)14-18/h2-8,13-15H,9-12,16H2,1H3.